The molecule has 1 atom stereocenters. The molecule has 2 aromatic rings. The molecule has 2 aliphatic rings. The zero-order valence-electron chi connectivity index (χ0n) is 19.9. The fourth-order valence-corrected chi connectivity index (χ4v) is 5.24. The zero-order valence-corrected chi connectivity index (χ0v) is 19.9. The monoisotopic (exact) mass is 439 g/mol. The van der Waals surface area contributed by atoms with Gasteiger partial charge in [0.15, 0.2) is 0 Å². The van der Waals surface area contributed by atoms with Gasteiger partial charge >= 0.3 is 5.97 Å². The van der Waals surface area contributed by atoms with Gasteiger partial charge in [0.2, 0.25) is 0 Å². The summed E-state index contributed by atoms with van der Waals surface area (Å²) in [5, 5.41) is 10.2. The summed E-state index contributed by atoms with van der Waals surface area (Å²) < 4.78 is 6.31. The van der Waals surface area contributed by atoms with Gasteiger partial charge in [0, 0.05) is 11.6 Å². The van der Waals surface area contributed by atoms with Crippen molar-refractivity contribution >= 4 is 16.9 Å². The summed E-state index contributed by atoms with van der Waals surface area (Å²) in [5.41, 5.74) is 1.30. The fourth-order valence-electron chi connectivity index (χ4n) is 5.24. The largest absolute Gasteiger partial charge is 0.490 e. The van der Waals surface area contributed by atoms with E-state index in [-0.39, 0.29) is 12.0 Å². The molecule has 4 rings (SSSR count). The van der Waals surface area contributed by atoms with E-state index >= 15 is 0 Å². The number of piperidine rings is 1. The molecule has 0 radical (unpaired) electrons. The van der Waals surface area contributed by atoms with Crippen molar-refractivity contribution in [2.75, 3.05) is 13.1 Å². The molecule has 1 aromatic heterocycles. The molecule has 0 spiro atoms. The lowest BCUT2D eigenvalue weighted by molar-refractivity contribution is -0.143. The molecule has 1 aromatic carbocycles. The number of hydrogen-bond donors (Lipinski definition) is 1. The molecule has 0 amide bonds. The SMILES string of the molecule is CC(c1ncc2cc(OC3CCC(C(C)(C)C)CC3)ccc2n1)N1CCC(C(=O)O)CC1. The minimum atomic E-state index is -0.681. The minimum absolute atomic E-state index is 0.0723. The van der Waals surface area contributed by atoms with E-state index in [1.807, 2.05) is 18.3 Å². The predicted octanol–water partition coefficient (Wildman–Crippen LogP) is 5.47. The number of aromatic nitrogens is 2. The number of benzene rings is 1. The topological polar surface area (TPSA) is 75.6 Å². The Balaban J connectivity index is 1.38. The number of likely N-dealkylation sites (tertiary alicyclic amines) is 1. The predicted molar refractivity (Wildman–Crippen MR) is 126 cm³/mol. The molecule has 1 saturated carbocycles. The van der Waals surface area contributed by atoms with E-state index in [9.17, 15) is 9.90 Å². The summed E-state index contributed by atoms with van der Waals surface area (Å²) in [5.74, 6) is 1.57. The van der Waals surface area contributed by atoms with Crippen LogP contribution >= 0.6 is 0 Å². The third-order valence-electron chi connectivity index (χ3n) is 7.57. The third-order valence-corrected chi connectivity index (χ3v) is 7.57. The van der Waals surface area contributed by atoms with Crippen LogP contribution in [0.1, 0.15) is 78.1 Å². The Hall–Kier alpha value is -2.21. The second kappa shape index (κ2) is 9.34. The molecule has 32 heavy (non-hydrogen) atoms. The van der Waals surface area contributed by atoms with Crippen LogP contribution in [-0.4, -0.2) is 45.1 Å². The Kier molecular flexibility index (Phi) is 6.70. The summed E-state index contributed by atoms with van der Waals surface area (Å²) in [4.78, 5) is 22.9. The fraction of sp³-hybridized carbons (Fsp3) is 0.654. The second-order valence-electron chi connectivity index (χ2n) is 10.7. The van der Waals surface area contributed by atoms with Gasteiger partial charge in [-0.15, -0.1) is 0 Å². The highest BCUT2D eigenvalue weighted by Crippen LogP contribution is 2.39. The molecule has 2 fully saturated rings. The van der Waals surface area contributed by atoms with E-state index in [4.69, 9.17) is 9.72 Å². The van der Waals surface area contributed by atoms with E-state index in [1.165, 1.54) is 12.8 Å². The maximum absolute atomic E-state index is 11.2. The van der Waals surface area contributed by atoms with Crippen molar-refractivity contribution in [3.05, 3.63) is 30.2 Å². The Bertz CT molecular complexity index is 939. The normalized spacial score (nSPS) is 24.4. The smallest absolute Gasteiger partial charge is 0.306 e. The third kappa shape index (κ3) is 5.22. The molecule has 6 heteroatoms. The second-order valence-corrected chi connectivity index (χ2v) is 10.7. The molecule has 2 heterocycles. The van der Waals surface area contributed by atoms with Crippen LogP contribution in [0.5, 0.6) is 5.75 Å². The van der Waals surface area contributed by atoms with Gasteiger partial charge in [0.1, 0.15) is 11.6 Å². The number of carbonyl (C=O) groups is 1. The van der Waals surface area contributed by atoms with Gasteiger partial charge in [-0.25, -0.2) is 9.97 Å². The molecule has 1 N–H and O–H groups in total. The molecule has 0 bridgehead atoms. The lowest BCUT2D eigenvalue weighted by Gasteiger charge is -2.37. The average molecular weight is 440 g/mol. The van der Waals surface area contributed by atoms with E-state index in [1.54, 1.807) is 0 Å². The van der Waals surface area contributed by atoms with Gasteiger partial charge in [0.05, 0.1) is 23.6 Å². The summed E-state index contributed by atoms with van der Waals surface area (Å²) in [6.07, 6.45) is 8.25. The highest BCUT2D eigenvalue weighted by atomic mass is 16.5. The van der Waals surface area contributed by atoms with Gasteiger partial charge in [-0.2, -0.15) is 0 Å². The molecule has 1 saturated heterocycles. The van der Waals surface area contributed by atoms with E-state index < -0.39 is 5.97 Å². The number of rotatable bonds is 5. The van der Waals surface area contributed by atoms with Crippen LogP contribution in [0.2, 0.25) is 0 Å². The standard InChI is InChI=1S/C26H37N3O3/c1-17(29-13-11-18(12-14-29)25(30)31)24-27-16-19-15-22(9-10-23(19)28-24)32-21-7-5-20(6-8-21)26(2,3)4/h9-10,15-18,20-21H,5-8,11-14H2,1-4H3,(H,30,31). The first kappa shape index (κ1) is 23.0. The highest BCUT2D eigenvalue weighted by Gasteiger charge is 2.31. The maximum atomic E-state index is 11.2. The van der Waals surface area contributed by atoms with Crippen molar-refractivity contribution in [2.45, 2.75) is 78.4 Å². The van der Waals surface area contributed by atoms with Crippen molar-refractivity contribution in [2.24, 2.45) is 17.3 Å². The number of fused-ring (bicyclic) bond motifs is 1. The first-order valence-electron chi connectivity index (χ1n) is 12.1. The van der Waals surface area contributed by atoms with Crippen molar-refractivity contribution in [1.29, 1.82) is 0 Å². The van der Waals surface area contributed by atoms with E-state index in [0.717, 1.165) is 54.3 Å². The number of carboxylic acid groups (broad SMARTS) is 1. The van der Waals surface area contributed by atoms with Crippen LogP contribution in [-0.2, 0) is 4.79 Å². The van der Waals surface area contributed by atoms with Crippen LogP contribution in [0.25, 0.3) is 10.9 Å². The number of nitrogens with zero attached hydrogens (tertiary/aromatic N) is 3. The van der Waals surface area contributed by atoms with Crippen molar-refractivity contribution in [1.82, 2.24) is 14.9 Å². The molecule has 1 unspecified atom stereocenters. The Labute approximate surface area is 191 Å². The molecule has 6 nitrogen and oxygen atoms in total. The Morgan fingerprint density at radius 3 is 2.44 bits per heavy atom. The van der Waals surface area contributed by atoms with E-state index in [0.29, 0.717) is 24.4 Å². The average Bonchev–Trinajstić information content (AvgIpc) is 2.78. The first-order chi connectivity index (χ1) is 15.2. The molecular formula is C26H37N3O3. The van der Waals surface area contributed by atoms with Crippen LogP contribution in [0.4, 0.5) is 0 Å². The summed E-state index contributed by atoms with van der Waals surface area (Å²) >= 11 is 0. The van der Waals surface area contributed by atoms with Gasteiger partial charge in [0.25, 0.3) is 0 Å². The Morgan fingerprint density at radius 1 is 1.12 bits per heavy atom. The molecule has 174 valence electrons. The van der Waals surface area contributed by atoms with Gasteiger partial charge in [-0.05, 0) is 88.1 Å². The first-order valence-corrected chi connectivity index (χ1v) is 12.1. The highest BCUT2D eigenvalue weighted by molar-refractivity contribution is 5.79. The lowest BCUT2D eigenvalue weighted by Crippen LogP contribution is -2.38. The number of ether oxygens (including phenoxy) is 1. The molecule has 1 aliphatic carbocycles. The summed E-state index contributed by atoms with van der Waals surface area (Å²) in [7, 11) is 0. The quantitative estimate of drug-likeness (QED) is 0.666. The molecule has 1 aliphatic heterocycles. The van der Waals surface area contributed by atoms with E-state index in [2.05, 4.69) is 43.6 Å². The van der Waals surface area contributed by atoms with Crippen LogP contribution in [0.3, 0.4) is 0 Å². The van der Waals surface area contributed by atoms with Gasteiger partial charge in [-0.3, -0.25) is 9.69 Å². The van der Waals surface area contributed by atoms with Crippen molar-refractivity contribution in [3.63, 3.8) is 0 Å². The van der Waals surface area contributed by atoms with Crippen LogP contribution < -0.4 is 4.74 Å². The van der Waals surface area contributed by atoms with Gasteiger partial charge in [-0.1, -0.05) is 20.8 Å². The number of hydrogen-bond acceptors (Lipinski definition) is 5. The summed E-state index contributed by atoms with van der Waals surface area (Å²) in [6.45, 7) is 10.7. The van der Waals surface area contributed by atoms with Crippen molar-refractivity contribution in [3.8, 4) is 5.75 Å². The number of aliphatic carboxylic acids is 1. The maximum Gasteiger partial charge on any atom is 0.306 e. The zero-order chi connectivity index (χ0) is 22.9. The Morgan fingerprint density at radius 2 is 1.81 bits per heavy atom. The molecular weight excluding hydrogens is 402 g/mol. The van der Waals surface area contributed by atoms with Crippen LogP contribution in [0, 0.1) is 17.3 Å². The van der Waals surface area contributed by atoms with Crippen molar-refractivity contribution < 1.29 is 14.6 Å². The van der Waals surface area contributed by atoms with Crippen LogP contribution in [0.15, 0.2) is 24.4 Å². The lowest BCUT2D eigenvalue weighted by atomic mass is 9.72. The summed E-state index contributed by atoms with van der Waals surface area (Å²) in [6, 6.07) is 6.18. The number of carboxylic acids is 1. The van der Waals surface area contributed by atoms with Gasteiger partial charge < -0.3 is 9.84 Å². The minimum Gasteiger partial charge on any atom is -0.490 e.